The van der Waals surface area contributed by atoms with Gasteiger partial charge in [-0.1, -0.05) is 13.3 Å². The Hall–Kier alpha value is -1.55. The Labute approximate surface area is 115 Å². The van der Waals surface area contributed by atoms with Gasteiger partial charge in [0.2, 0.25) is 0 Å². The molecule has 0 heterocycles. The lowest BCUT2D eigenvalue weighted by atomic mass is 10.2. The maximum Gasteiger partial charge on any atom is 0.251 e. The number of hydrogen-bond acceptors (Lipinski definition) is 2. The second-order valence-electron chi connectivity index (χ2n) is 4.94. The van der Waals surface area contributed by atoms with Gasteiger partial charge in [0.1, 0.15) is 5.75 Å². The number of unbranched alkanes of at least 4 members (excludes halogenated alkanes) is 1. The Morgan fingerprint density at radius 1 is 1.26 bits per heavy atom. The van der Waals surface area contributed by atoms with E-state index >= 15 is 0 Å². The largest absolute Gasteiger partial charge is 0.494 e. The minimum absolute atomic E-state index is 0.0265. The fourth-order valence-corrected chi connectivity index (χ4v) is 1.56. The number of benzene rings is 1. The van der Waals surface area contributed by atoms with Gasteiger partial charge in [-0.05, 0) is 30.7 Å². The van der Waals surface area contributed by atoms with Crippen molar-refractivity contribution in [2.24, 2.45) is 0 Å². The van der Waals surface area contributed by atoms with Crippen LogP contribution in [0.2, 0.25) is 0 Å². The minimum atomic E-state index is -0.0265. The van der Waals surface area contributed by atoms with Crippen LogP contribution in [0.5, 0.6) is 5.75 Å². The third-order valence-corrected chi connectivity index (χ3v) is 2.79. The van der Waals surface area contributed by atoms with Gasteiger partial charge >= 0.3 is 0 Å². The standard InChI is InChI=1S/C15H24N2O2/c1-4-5-12-19-14-8-6-13(7-9-14)15(18)16-10-11-17(2)3/h6-9H,4-5,10-12H2,1-3H3,(H,16,18)/p+1. The molecule has 4 nitrogen and oxygen atoms in total. The number of nitrogens with one attached hydrogen (secondary N) is 2. The molecule has 0 aliphatic carbocycles. The van der Waals surface area contributed by atoms with Crippen molar-refractivity contribution in [1.82, 2.24) is 5.32 Å². The summed E-state index contributed by atoms with van der Waals surface area (Å²) < 4.78 is 5.56. The van der Waals surface area contributed by atoms with E-state index in [0.717, 1.165) is 31.7 Å². The van der Waals surface area contributed by atoms with E-state index in [1.54, 1.807) is 12.1 Å². The average Bonchev–Trinajstić information content (AvgIpc) is 2.39. The molecule has 0 spiro atoms. The van der Waals surface area contributed by atoms with Gasteiger partial charge in [0, 0.05) is 5.56 Å². The van der Waals surface area contributed by atoms with E-state index in [2.05, 4.69) is 26.3 Å². The smallest absolute Gasteiger partial charge is 0.251 e. The molecule has 0 fully saturated rings. The molecule has 0 atom stereocenters. The number of ether oxygens (including phenoxy) is 1. The van der Waals surface area contributed by atoms with Gasteiger partial charge in [-0.25, -0.2) is 0 Å². The molecule has 106 valence electrons. The summed E-state index contributed by atoms with van der Waals surface area (Å²) in [5.41, 5.74) is 0.677. The van der Waals surface area contributed by atoms with Crippen molar-refractivity contribution in [3.05, 3.63) is 29.8 Å². The first kappa shape index (κ1) is 15.5. The molecule has 2 N–H and O–H groups in total. The summed E-state index contributed by atoms with van der Waals surface area (Å²) in [6, 6.07) is 7.31. The topological polar surface area (TPSA) is 42.8 Å². The van der Waals surface area contributed by atoms with Crippen molar-refractivity contribution in [2.75, 3.05) is 33.8 Å². The molecule has 0 saturated heterocycles. The predicted molar refractivity (Wildman–Crippen MR) is 76.9 cm³/mol. The fourth-order valence-electron chi connectivity index (χ4n) is 1.56. The third kappa shape index (κ3) is 6.25. The highest BCUT2D eigenvalue weighted by molar-refractivity contribution is 5.94. The summed E-state index contributed by atoms with van der Waals surface area (Å²) in [6.45, 7) is 4.47. The number of likely N-dealkylation sites (N-methyl/N-ethyl adjacent to an activating group) is 1. The van der Waals surface area contributed by atoms with Crippen molar-refractivity contribution in [3.8, 4) is 5.75 Å². The molecular formula is C15H25N2O2+. The molecule has 1 amide bonds. The molecular weight excluding hydrogens is 240 g/mol. The van der Waals surface area contributed by atoms with Gasteiger partial charge in [-0.2, -0.15) is 0 Å². The number of carbonyl (C=O) groups excluding carboxylic acids is 1. The first-order valence-corrected chi connectivity index (χ1v) is 6.93. The normalized spacial score (nSPS) is 10.5. The lowest BCUT2D eigenvalue weighted by Crippen LogP contribution is -3.06. The van der Waals surface area contributed by atoms with Crippen LogP contribution in [0, 0.1) is 0 Å². The molecule has 0 saturated carbocycles. The number of amides is 1. The summed E-state index contributed by atoms with van der Waals surface area (Å²) in [5.74, 6) is 0.795. The Kier molecular flexibility index (Phi) is 6.97. The monoisotopic (exact) mass is 265 g/mol. The summed E-state index contributed by atoms with van der Waals surface area (Å²) in [5, 5.41) is 2.90. The van der Waals surface area contributed by atoms with Crippen LogP contribution in [0.25, 0.3) is 0 Å². The molecule has 0 unspecified atom stereocenters. The fraction of sp³-hybridized carbons (Fsp3) is 0.533. The Morgan fingerprint density at radius 3 is 2.53 bits per heavy atom. The molecule has 19 heavy (non-hydrogen) atoms. The van der Waals surface area contributed by atoms with Crippen LogP contribution < -0.4 is 15.0 Å². The lowest BCUT2D eigenvalue weighted by Gasteiger charge is -2.09. The Bertz CT molecular complexity index is 374. The molecule has 1 rings (SSSR count). The highest BCUT2D eigenvalue weighted by Gasteiger charge is 2.05. The van der Waals surface area contributed by atoms with Crippen LogP contribution in [0.3, 0.4) is 0 Å². The van der Waals surface area contributed by atoms with E-state index in [1.807, 2.05) is 12.1 Å². The van der Waals surface area contributed by atoms with E-state index in [1.165, 1.54) is 4.90 Å². The second kappa shape index (κ2) is 8.53. The quantitative estimate of drug-likeness (QED) is 0.681. The van der Waals surface area contributed by atoms with Gasteiger partial charge < -0.3 is 15.0 Å². The van der Waals surface area contributed by atoms with Gasteiger partial charge in [-0.3, -0.25) is 4.79 Å². The van der Waals surface area contributed by atoms with Gasteiger partial charge in [0.05, 0.1) is 33.8 Å². The maximum absolute atomic E-state index is 11.8. The van der Waals surface area contributed by atoms with Crippen LogP contribution in [-0.4, -0.2) is 39.7 Å². The van der Waals surface area contributed by atoms with Crippen LogP contribution in [0.4, 0.5) is 0 Å². The SMILES string of the molecule is CCCCOc1ccc(C(=O)NCC[NH+](C)C)cc1. The van der Waals surface area contributed by atoms with E-state index in [0.29, 0.717) is 12.1 Å². The van der Waals surface area contributed by atoms with Gasteiger partial charge in [0.15, 0.2) is 0 Å². The molecule has 0 aromatic heterocycles. The molecule has 4 heteroatoms. The van der Waals surface area contributed by atoms with Crippen LogP contribution in [0.1, 0.15) is 30.1 Å². The highest BCUT2D eigenvalue weighted by Crippen LogP contribution is 2.12. The summed E-state index contributed by atoms with van der Waals surface area (Å²) >= 11 is 0. The zero-order chi connectivity index (χ0) is 14.1. The maximum atomic E-state index is 11.8. The van der Waals surface area contributed by atoms with Crippen molar-refractivity contribution in [3.63, 3.8) is 0 Å². The van der Waals surface area contributed by atoms with E-state index < -0.39 is 0 Å². The number of rotatable bonds is 8. The van der Waals surface area contributed by atoms with Gasteiger partial charge in [-0.15, -0.1) is 0 Å². The number of carbonyl (C=O) groups is 1. The first-order valence-electron chi connectivity index (χ1n) is 6.93. The summed E-state index contributed by atoms with van der Waals surface area (Å²) in [6.07, 6.45) is 2.17. The van der Waals surface area contributed by atoms with Crippen LogP contribution >= 0.6 is 0 Å². The number of quaternary nitrogens is 1. The van der Waals surface area contributed by atoms with Crippen LogP contribution in [0.15, 0.2) is 24.3 Å². The van der Waals surface area contributed by atoms with Crippen molar-refractivity contribution in [2.45, 2.75) is 19.8 Å². The molecule has 1 aromatic rings. The zero-order valence-electron chi connectivity index (χ0n) is 12.2. The zero-order valence-corrected chi connectivity index (χ0v) is 12.2. The Balaban J connectivity index is 2.39. The molecule has 1 aromatic carbocycles. The molecule has 0 aliphatic rings. The number of hydrogen-bond donors (Lipinski definition) is 2. The molecule has 0 radical (unpaired) electrons. The Morgan fingerprint density at radius 2 is 1.95 bits per heavy atom. The first-order chi connectivity index (χ1) is 9.13. The molecule has 0 bridgehead atoms. The third-order valence-electron chi connectivity index (χ3n) is 2.79. The summed E-state index contributed by atoms with van der Waals surface area (Å²) in [4.78, 5) is 13.2. The van der Waals surface area contributed by atoms with E-state index in [4.69, 9.17) is 4.74 Å². The van der Waals surface area contributed by atoms with Gasteiger partial charge in [0.25, 0.3) is 5.91 Å². The minimum Gasteiger partial charge on any atom is -0.494 e. The highest BCUT2D eigenvalue weighted by atomic mass is 16.5. The second-order valence-corrected chi connectivity index (χ2v) is 4.94. The van der Waals surface area contributed by atoms with Crippen molar-refractivity contribution < 1.29 is 14.4 Å². The van der Waals surface area contributed by atoms with Crippen molar-refractivity contribution in [1.29, 1.82) is 0 Å². The lowest BCUT2D eigenvalue weighted by molar-refractivity contribution is -0.856. The van der Waals surface area contributed by atoms with E-state index in [9.17, 15) is 4.79 Å². The predicted octanol–water partition coefficient (Wildman–Crippen LogP) is 0.740. The van der Waals surface area contributed by atoms with Crippen molar-refractivity contribution >= 4 is 5.91 Å². The van der Waals surface area contributed by atoms with Crippen LogP contribution in [-0.2, 0) is 0 Å². The molecule has 0 aliphatic heterocycles. The van der Waals surface area contributed by atoms with E-state index in [-0.39, 0.29) is 5.91 Å². The average molecular weight is 265 g/mol. The summed E-state index contributed by atoms with van der Waals surface area (Å²) in [7, 11) is 4.13.